The van der Waals surface area contributed by atoms with Crippen LogP contribution in [0, 0.1) is 13.8 Å². The summed E-state index contributed by atoms with van der Waals surface area (Å²) in [6.45, 7) is 8.56. The Morgan fingerprint density at radius 1 is 1.29 bits per heavy atom. The number of thiocarbonyl (C=S) groups is 1. The molecule has 0 bridgehead atoms. The van der Waals surface area contributed by atoms with Gasteiger partial charge in [0.05, 0.1) is 4.20 Å². The van der Waals surface area contributed by atoms with Crippen LogP contribution < -0.4 is 0 Å². The van der Waals surface area contributed by atoms with Gasteiger partial charge in [0.2, 0.25) is 0 Å². The lowest BCUT2D eigenvalue weighted by Crippen LogP contribution is -2.00. The van der Waals surface area contributed by atoms with Gasteiger partial charge < -0.3 is 0 Å². The Bertz CT molecular complexity index is 340. The Kier molecular flexibility index (Phi) is 4.14. The summed E-state index contributed by atoms with van der Waals surface area (Å²) >= 11 is 7.15. The predicted octanol–water partition coefficient (Wildman–Crippen LogP) is 4.12. The third kappa shape index (κ3) is 3.10. The van der Waals surface area contributed by atoms with E-state index in [1.165, 1.54) is 16.7 Å². The molecule has 1 rings (SSSR count). The molecule has 76 valence electrons. The van der Waals surface area contributed by atoms with E-state index in [0.29, 0.717) is 5.25 Å². The van der Waals surface area contributed by atoms with E-state index in [-0.39, 0.29) is 0 Å². The normalized spacial score (nSPS) is 10.6. The molecule has 2 heteroatoms. The lowest BCUT2D eigenvalue weighted by Gasteiger charge is -2.09. The highest BCUT2D eigenvalue weighted by molar-refractivity contribution is 8.24. The first-order chi connectivity index (χ1) is 6.50. The molecule has 0 amide bonds. The molecule has 1 aromatic rings. The van der Waals surface area contributed by atoms with E-state index in [2.05, 4.69) is 45.9 Å². The molecule has 0 aromatic heterocycles. The van der Waals surface area contributed by atoms with Crippen molar-refractivity contribution >= 4 is 28.2 Å². The van der Waals surface area contributed by atoms with Gasteiger partial charge >= 0.3 is 0 Å². The van der Waals surface area contributed by atoms with Gasteiger partial charge in [-0.1, -0.05) is 49.8 Å². The first kappa shape index (κ1) is 11.7. The number of thioether (sulfide) groups is 1. The molecule has 0 aliphatic heterocycles. The summed E-state index contributed by atoms with van der Waals surface area (Å²) in [5, 5.41) is 0.559. The quantitative estimate of drug-likeness (QED) is 0.693. The fourth-order valence-electron chi connectivity index (χ4n) is 1.32. The Labute approximate surface area is 96.1 Å². The third-order valence-corrected chi connectivity index (χ3v) is 3.36. The van der Waals surface area contributed by atoms with Crippen LogP contribution in [0.5, 0.6) is 0 Å². The number of hydrogen-bond donors (Lipinski definition) is 0. The number of rotatable bonds is 2. The maximum absolute atomic E-state index is 5.39. The van der Waals surface area contributed by atoms with Crippen LogP contribution >= 0.6 is 24.0 Å². The van der Waals surface area contributed by atoms with Crippen LogP contribution in [-0.4, -0.2) is 9.45 Å². The van der Waals surface area contributed by atoms with E-state index in [4.69, 9.17) is 12.2 Å². The zero-order valence-electron chi connectivity index (χ0n) is 9.13. The second-order valence-corrected chi connectivity index (χ2v) is 6.03. The van der Waals surface area contributed by atoms with Crippen molar-refractivity contribution in [3.63, 3.8) is 0 Å². The van der Waals surface area contributed by atoms with Crippen molar-refractivity contribution in [2.24, 2.45) is 0 Å². The minimum atomic E-state index is 0.559. The van der Waals surface area contributed by atoms with Gasteiger partial charge in [-0.05, 0) is 19.4 Å². The lowest BCUT2D eigenvalue weighted by molar-refractivity contribution is 1.12. The van der Waals surface area contributed by atoms with Crippen molar-refractivity contribution in [1.82, 2.24) is 0 Å². The molecule has 0 atom stereocenters. The molecule has 0 nitrogen and oxygen atoms in total. The summed E-state index contributed by atoms with van der Waals surface area (Å²) in [5.74, 6) is 0. The minimum absolute atomic E-state index is 0.559. The molecule has 0 spiro atoms. The Balaban J connectivity index is 2.90. The largest absolute Gasteiger partial charge is 0.111 e. The van der Waals surface area contributed by atoms with Crippen molar-refractivity contribution in [2.45, 2.75) is 32.9 Å². The van der Waals surface area contributed by atoms with E-state index < -0.39 is 0 Å². The van der Waals surface area contributed by atoms with Gasteiger partial charge in [-0.15, -0.1) is 11.8 Å². The monoisotopic (exact) mass is 224 g/mol. The van der Waals surface area contributed by atoms with Crippen molar-refractivity contribution in [3.8, 4) is 0 Å². The van der Waals surface area contributed by atoms with E-state index >= 15 is 0 Å². The summed E-state index contributed by atoms with van der Waals surface area (Å²) < 4.78 is 1.01. The molecule has 0 saturated carbocycles. The van der Waals surface area contributed by atoms with E-state index in [0.717, 1.165) is 4.20 Å². The average molecular weight is 224 g/mol. The highest BCUT2D eigenvalue weighted by atomic mass is 32.2. The van der Waals surface area contributed by atoms with Crippen molar-refractivity contribution < 1.29 is 0 Å². The first-order valence-electron chi connectivity index (χ1n) is 4.79. The molecule has 0 aliphatic rings. The first-order valence-corrected chi connectivity index (χ1v) is 6.07. The summed E-state index contributed by atoms with van der Waals surface area (Å²) in [6.07, 6.45) is 0. The fraction of sp³-hybridized carbons (Fsp3) is 0.417. The minimum Gasteiger partial charge on any atom is -0.111 e. The van der Waals surface area contributed by atoms with Crippen LogP contribution in [0.3, 0.4) is 0 Å². The zero-order valence-corrected chi connectivity index (χ0v) is 10.8. The molecular formula is C12H16S2. The number of aryl methyl sites for hydroxylation is 2. The zero-order chi connectivity index (χ0) is 10.7. The predicted molar refractivity (Wildman–Crippen MR) is 70.3 cm³/mol. The van der Waals surface area contributed by atoms with Crippen LogP contribution in [-0.2, 0) is 0 Å². The van der Waals surface area contributed by atoms with Gasteiger partial charge in [-0.3, -0.25) is 0 Å². The van der Waals surface area contributed by atoms with Crippen LogP contribution in [0.4, 0.5) is 0 Å². The SMILES string of the molecule is Cc1ccc(C(=S)SC(C)C)c(C)c1. The maximum atomic E-state index is 5.39. The van der Waals surface area contributed by atoms with Crippen LogP contribution in [0.15, 0.2) is 18.2 Å². The summed E-state index contributed by atoms with van der Waals surface area (Å²) in [6, 6.07) is 6.43. The van der Waals surface area contributed by atoms with E-state index in [9.17, 15) is 0 Å². The summed E-state index contributed by atoms with van der Waals surface area (Å²) in [4.78, 5) is 0. The average Bonchev–Trinajstić information content (AvgIpc) is 2.01. The topological polar surface area (TPSA) is 0 Å². The van der Waals surface area contributed by atoms with E-state index in [1.807, 2.05) is 0 Å². The molecule has 0 unspecified atom stereocenters. The van der Waals surface area contributed by atoms with Crippen molar-refractivity contribution in [1.29, 1.82) is 0 Å². The second kappa shape index (κ2) is 4.94. The van der Waals surface area contributed by atoms with Gasteiger partial charge in [0.15, 0.2) is 0 Å². The van der Waals surface area contributed by atoms with E-state index in [1.54, 1.807) is 11.8 Å². The van der Waals surface area contributed by atoms with Gasteiger partial charge in [0, 0.05) is 10.8 Å². The van der Waals surface area contributed by atoms with Crippen LogP contribution in [0.2, 0.25) is 0 Å². The van der Waals surface area contributed by atoms with Gasteiger partial charge in [-0.2, -0.15) is 0 Å². The molecule has 0 heterocycles. The molecule has 0 saturated heterocycles. The summed E-state index contributed by atoms with van der Waals surface area (Å²) in [5.41, 5.74) is 3.79. The Morgan fingerprint density at radius 2 is 1.93 bits per heavy atom. The highest BCUT2D eigenvalue weighted by Crippen LogP contribution is 2.21. The Hall–Kier alpha value is -0.340. The van der Waals surface area contributed by atoms with Gasteiger partial charge in [0.1, 0.15) is 0 Å². The maximum Gasteiger partial charge on any atom is 0.0783 e. The smallest absolute Gasteiger partial charge is 0.0783 e. The third-order valence-electron chi connectivity index (χ3n) is 1.94. The van der Waals surface area contributed by atoms with Crippen molar-refractivity contribution in [3.05, 3.63) is 34.9 Å². The number of hydrogen-bond acceptors (Lipinski definition) is 2. The number of benzene rings is 1. The van der Waals surface area contributed by atoms with Gasteiger partial charge in [-0.25, -0.2) is 0 Å². The highest BCUT2D eigenvalue weighted by Gasteiger charge is 2.07. The molecule has 0 fully saturated rings. The molecule has 14 heavy (non-hydrogen) atoms. The molecule has 0 aliphatic carbocycles. The second-order valence-electron chi connectivity index (χ2n) is 3.77. The fourth-order valence-corrected chi connectivity index (χ4v) is 2.91. The molecule has 1 aromatic carbocycles. The van der Waals surface area contributed by atoms with Gasteiger partial charge in [0.25, 0.3) is 0 Å². The molecule has 0 N–H and O–H groups in total. The lowest BCUT2D eigenvalue weighted by atomic mass is 10.1. The Morgan fingerprint density at radius 3 is 2.43 bits per heavy atom. The standard InChI is InChI=1S/C12H16S2/c1-8(2)14-12(13)11-6-5-9(3)7-10(11)4/h5-8H,1-4H3. The van der Waals surface area contributed by atoms with Crippen LogP contribution in [0.25, 0.3) is 0 Å². The summed E-state index contributed by atoms with van der Waals surface area (Å²) in [7, 11) is 0. The van der Waals surface area contributed by atoms with Crippen molar-refractivity contribution in [2.75, 3.05) is 0 Å². The molecular weight excluding hydrogens is 208 g/mol. The molecule has 0 radical (unpaired) electrons. The van der Waals surface area contributed by atoms with Crippen LogP contribution in [0.1, 0.15) is 30.5 Å².